The van der Waals surface area contributed by atoms with Crippen LogP contribution in [0, 0.1) is 30.4 Å². The van der Waals surface area contributed by atoms with Crippen LogP contribution in [0.15, 0.2) is 83.7 Å². The summed E-state index contributed by atoms with van der Waals surface area (Å²) in [6.45, 7) is 20.7. The van der Waals surface area contributed by atoms with E-state index in [1.807, 2.05) is 48.7 Å². The Morgan fingerprint density at radius 1 is 0.826 bits per heavy atom. The van der Waals surface area contributed by atoms with Crippen molar-refractivity contribution in [3.05, 3.63) is 108 Å². The summed E-state index contributed by atoms with van der Waals surface area (Å²) >= 11 is 0. The second kappa shape index (κ2) is 14.5. The molecule has 0 aliphatic carbocycles. The Morgan fingerprint density at radius 3 is 2.24 bits per heavy atom. The summed E-state index contributed by atoms with van der Waals surface area (Å²) in [6.07, 6.45) is 7.94. The number of benzene rings is 2. The Kier molecular flexibility index (Phi) is 11.2. The third-order valence-corrected chi connectivity index (χ3v) is 9.88. The van der Waals surface area contributed by atoms with Crippen molar-refractivity contribution in [3.63, 3.8) is 0 Å². The number of hydrogen-bond donors (Lipinski definition) is 0. The molecule has 0 saturated carbocycles. The molecule has 6 rings (SSSR count). The molecule has 6 heteroatoms. The van der Waals surface area contributed by atoms with Gasteiger partial charge >= 0.3 is 0 Å². The van der Waals surface area contributed by atoms with Gasteiger partial charge in [-0.25, -0.2) is 4.98 Å². The van der Waals surface area contributed by atoms with Crippen LogP contribution in [-0.2, 0) is 32.9 Å². The van der Waals surface area contributed by atoms with Gasteiger partial charge in [0.2, 0.25) is 5.71 Å². The molecule has 4 aromatic heterocycles. The van der Waals surface area contributed by atoms with Gasteiger partial charge in [-0.3, -0.25) is 0 Å². The van der Waals surface area contributed by atoms with Gasteiger partial charge in [-0.05, 0) is 65.4 Å². The first-order valence-corrected chi connectivity index (χ1v) is 19.4. The number of hydrogen-bond acceptors (Lipinski definition) is 4. The topological polar surface area (TPSA) is 51.8 Å². The molecule has 0 amide bonds. The molecule has 2 aromatic carbocycles. The molecule has 0 N–H and O–H groups in total. The molecule has 0 spiro atoms. The Morgan fingerprint density at radius 2 is 1.57 bits per heavy atom. The quantitative estimate of drug-likeness (QED) is 0.124. The average molecular weight is 804 g/mol. The van der Waals surface area contributed by atoms with Gasteiger partial charge in [0.15, 0.2) is 0 Å². The van der Waals surface area contributed by atoms with E-state index in [1.54, 1.807) is 6.20 Å². The zero-order chi connectivity index (χ0) is 32.4. The van der Waals surface area contributed by atoms with Gasteiger partial charge in [-0.1, -0.05) is 88.5 Å². The average Bonchev–Trinajstić information content (AvgIpc) is 3.36. The predicted octanol–water partition coefficient (Wildman–Crippen LogP) is 10.0. The van der Waals surface area contributed by atoms with Gasteiger partial charge in [0.1, 0.15) is 0 Å². The van der Waals surface area contributed by atoms with Crippen molar-refractivity contribution in [2.75, 3.05) is 0 Å². The van der Waals surface area contributed by atoms with Gasteiger partial charge in [0.05, 0.1) is 13.7 Å². The van der Waals surface area contributed by atoms with Crippen LogP contribution in [0.2, 0.25) is 19.6 Å². The van der Waals surface area contributed by atoms with Crippen LogP contribution in [0.4, 0.5) is 0 Å². The van der Waals surface area contributed by atoms with Crippen molar-refractivity contribution < 1.29 is 24.5 Å². The van der Waals surface area contributed by atoms with Crippen LogP contribution in [0.25, 0.3) is 44.6 Å². The molecule has 0 atom stereocenters. The molecule has 0 aliphatic rings. The van der Waals surface area contributed by atoms with E-state index in [9.17, 15) is 0 Å². The van der Waals surface area contributed by atoms with E-state index in [-0.39, 0.29) is 25.5 Å². The van der Waals surface area contributed by atoms with Crippen LogP contribution in [0.3, 0.4) is 0 Å². The molecule has 1 radical (unpaired) electrons. The zero-order valence-corrected chi connectivity index (χ0v) is 32.0. The van der Waals surface area contributed by atoms with Crippen LogP contribution in [0.5, 0.6) is 0 Å². The molecule has 6 aromatic rings. The van der Waals surface area contributed by atoms with E-state index in [0.29, 0.717) is 11.6 Å². The number of rotatable bonds is 6. The first-order valence-electron chi connectivity index (χ1n) is 15.9. The van der Waals surface area contributed by atoms with Gasteiger partial charge in [0, 0.05) is 44.1 Å². The summed E-state index contributed by atoms with van der Waals surface area (Å²) < 4.78 is 6.01. The second-order valence-electron chi connectivity index (χ2n) is 14.6. The normalized spacial score (nSPS) is 11.8. The number of aryl methyl sites for hydroxylation is 1. The molecule has 4 heterocycles. The molecular weight excluding hydrogens is 759 g/mol. The van der Waals surface area contributed by atoms with Crippen molar-refractivity contribution in [2.45, 2.75) is 74.0 Å². The number of aromatic nitrogens is 3. The minimum Gasteiger partial charge on any atom is -0.486 e. The van der Waals surface area contributed by atoms with Crippen molar-refractivity contribution in [1.29, 1.82) is 0 Å². The minimum absolute atomic E-state index is 0. The van der Waals surface area contributed by atoms with E-state index >= 15 is 0 Å². The van der Waals surface area contributed by atoms with E-state index in [0.717, 1.165) is 51.7 Å². The fourth-order valence-corrected chi connectivity index (χ4v) is 7.29. The van der Waals surface area contributed by atoms with Crippen LogP contribution >= 0.6 is 0 Å². The summed E-state index contributed by atoms with van der Waals surface area (Å²) in [4.78, 5) is 13.7. The summed E-state index contributed by atoms with van der Waals surface area (Å²) in [7, 11) is -1.37. The van der Waals surface area contributed by atoms with E-state index in [1.165, 1.54) is 21.9 Å². The number of nitrogens with zero attached hydrogens (tertiary/aromatic N) is 3. The summed E-state index contributed by atoms with van der Waals surface area (Å²) in [5.41, 5.74) is 9.68. The third kappa shape index (κ3) is 8.47. The fourth-order valence-electron chi connectivity index (χ4n) is 5.72. The van der Waals surface area contributed by atoms with Gasteiger partial charge in [0.25, 0.3) is 0 Å². The summed E-state index contributed by atoms with van der Waals surface area (Å²) in [5.74, 6) is 0.606. The maximum absolute atomic E-state index is 6.01. The van der Waals surface area contributed by atoms with Crippen molar-refractivity contribution in [3.8, 4) is 22.5 Å². The van der Waals surface area contributed by atoms with Gasteiger partial charge < -0.3 is 14.4 Å². The zero-order valence-electron chi connectivity index (χ0n) is 28.6. The van der Waals surface area contributed by atoms with Crippen LogP contribution < -0.4 is 5.19 Å². The van der Waals surface area contributed by atoms with E-state index < -0.39 is 8.07 Å². The fraction of sp³-hybridized carbons (Fsp3) is 0.325. The molecule has 0 fully saturated rings. The largest absolute Gasteiger partial charge is 0.486 e. The standard InChI is InChI=1S/C21H19N2O.C19H26NSi.Ir/c1-13(2)10-15-11-19(23-12-14(15)3)18-7-4-6-16-17-8-5-9-22-21(17)24-20(16)18;1-19(2,3)13-16-12-17(15-10-8-7-9-11-15)20-14-18(16)21(4,5)6;/h4-6,8-9,11-13H,10H2,1-3H3;7-10,12,14H,13H2,1-6H3;/q2*-1;. The molecule has 0 unspecified atom stereocenters. The first-order chi connectivity index (χ1) is 21.3. The van der Waals surface area contributed by atoms with Gasteiger partial charge in [-0.15, -0.1) is 54.1 Å². The van der Waals surface area contributed by atoms with Crippen molar-refractivity contribution >= 4 is 35.3 Å². The number of pyridine rings is 3. The maximum Gasteiger partial charge on any atom is 0.216 e. The van der Waals surface area contributed by atoms with Crippen molar-refractivity contribution in [2.24, 2.45) is 11.3 Å². The Labute approximate surface area is 289 Å². The van der Waals surface area contributed by atoms with Crippen LogP contribution in [0.1, 0.15) is 51.3 Å². The molecular formula is C40H45IrN3OSi-2. The van der Waals surface area contributed by atoms with E-state index in [2.05, 4.69) is 108 Å². The molecule has 0 bridgehead atoms. The smallest absolute Gasteiger partial charge is 0.216 e. The summed E-state index contributed by atoms with van der Waals surface area (Å²) in [6, 6.07) is 27.0. The van der Waals surface area contributed by atoms with E-state index in [4.69, 9.17) is 9.40 Å². The Balaban J connectivity index is 0.000000207. The number of fused-ring (bicyclic) bond motifs is 3. The van der Waals surface area contributed by atoms with Gasteiger partial charge in [-0.2, -0.15) is 0 Å². The third-order valence-electron chi connectivity index (χ3n) is 7.81. The molecule has 4 nitrogen and oxygen atoms in total. The predicted molar refractivity (Wildman–Crippen MR) is 192 cm³/mol. The van der Waals surface area contributed by atoms with Crippen molar-refractivity contribution in [1.82, 2.24) is 15.0 Å². The Hall–Kier alpha value is -3.44. The molecule has 46 heavy (non-hydrogen) atoms. The SMILES string of the molecule is CC(C)(C)Cc1cc(-c2[c-]cccc2)ncc1[Si](C)(C)C.Cc1cnc(-c2[c-]ccc3c2oc2ncccc23)cc1CC(C)C.[Ir]. The number of furan rings is 1. The maximum atomic E-state index is 6.01. The monoisotopic (exact) mass is 804 g/mol. The molecule has 0 saturated heterocycles. The molecule has 241 valence electrons. The second-order valence-corrected chi connectivity index (χ2v) is 19.7. The Bertz CT molecular complexity index is 1920. The summed E-state index contributed by atoms with van der Waals surface area (Å²) in [5, 5.41) is 3.56. The molecule has 0 aliphatic heterocycles. The first kappa shape index (κ1) is 35.4. The van der Waals surface area contributed by atoms with Crippen LogP contribution in [-0.4, -0.2) is 23.0 Å². The minimum atomic E-state index is -1.37.